The summed E-state index contributed by atoms with van der Waals surface area (Å²) >= 11 is 0. The van der Waals surface area contributed by atoms with Crippen LogP contribution in [-0.4, -0.2) is 32.3 Å². The van der Waals surface area contributed by atoms with Crippen molar-refractivity contribution >= 4 is 17.5 Å². The molecule has 1 aromatic heterocycles. The van der Waals surface area contributed by atoms with Gasteiger partial charge in [-0.2, -0.15) is 10.2 Å². The Morgan fingerprint density at radius 1 is 1.00 bits per heavy atom. The van der Waals surface area contributed by atoms with Gasteiger partial charge in [-0.15, -0.1) is 0 Å². The Balaban J connectivity index is 1.46. The van der Waals surface area contributed by atoms with Crippen LogP contribution in [0.5, 0.6) is 0 Å². The summed E-state index contributed by atoms with van der Waals surface area (Å²) in [6, 6.07) is 19.5. The fraction of sp³-hybridized carbons (Fsp3) is 0.250. The van der Waals surface area contributed by atoms with E-state index < -0.39 is 0 Å². The molecule has 2 heterocycles. The predicted octanol–water partition coefficient (Wildman–Crippen LogP) is 3.28. The number of aryl methyl sites for hydroxylation is 1. The molecule has 0 spiro atoms. The molecule has 7 heteroatoms. The van der Waals surface area contributed by atoms with Gasteiger partial charge in [-0.25, -0.2) is 9.69 Å². The van der Waals surface area contributed by atoms with Crippen LogP contribution in [0.15, 0.2) is 65.8 Å². The molecule has 31 heavy (non-hydrogen) atoms. The van der Waals surface area contributed by atoms with E-state index in [1.807, 2.05) is 79.2 Å². The summed E-state index contributed by atoms with van der Waals surface area (Å²) in [7, 11) is 0. The summed E-state index contributed by atoms with van der Waals surface area (Å²) in [5, 5.41) is 13.3. The molecule has 2 aromatic carbocycles. The Kier molecular flexibility index (Phi) is 5.93. The first-order valence-corrected chi connectivity index (χ1v) is 10.3. The third kappa shape index (κ3) is 4.55. The summed E-state index contributed by atoms with van der Waals surface area (Å²) in [6.45, 7) is 4.65. The molecule has 158 valence electrons. The first-order valence-electron chi connectivity index (χ1n) is 10.3. The van der Waals surface area contributed by atoms with E-state index in [0.29, 0.717) is 25.2 Å². The standard InChI is InChI=1S/C24H25N5O2/c1-17-21(18(2)29(26-17)20-11-7-4-8-12-20)15-25-24(31)22-13-14-23(30)28(27-22)16-19-9-5-3-6-10-19/h3-12H,13-16H2,1-2H3,(H,25,31). The highest BCUT2D eigenvalue weighted by molar-refractivity contribution is 6.39. The molecule has 1 N–H and O–H groups in total. The van der Waals surface area contributed by atoms with Gasteiger partial charge >= 0.3 is 0 Å². The van der Waals surface area contributed by atoms with Crippen molar-refractivity contribution in [1.82, 2.24) is 20.1 Å². The summed E-state index contributed by atoms with van der Waals surface area (Å²) in [5.74, 6) is -0.326. The normalized spacial score (nSPS) is 13.8. The number of aromatic nitrogens is 2. The second-order valence-corrected chi connectivity index (χ2v) is 7.56. The molecule has 3 aromatic rings. The number of hydrazone groups is 1. The van der Waals surface area contributed by atoms with Crippen molar-refractivity contribution in [2.45, 2.75) is 39.8 Å². The Labute approximate surface area is 181 Å². The number of benzene rings is 2. The number of nitrogens with one attached hydrogen (secondary N) is 1. The van der Waals surface area contributed by atoms with Gasteiger partial charge in [0.1, 0.15) is 5.71 Å². The van der Waals surface area contributed by atoms with Crippen LogP contribution in [0.25, 0.3) is 5.69 Å². The first kappa shape index (κ1) is 20.5. The predicted molar refractivity (Wildman–Crippen MR) is 119 cm³/mol. The van der Waals surface area contributed by atoms with Gasteiger partial charge in [0.05, 0.1) is 17.9 Å². The van der Waals surface area contributed by atoms with Gasteiger partial charge in [0.2, 0.25) is 5.91 Å². The van der Waals surface area contributed by atoms with Crippen LogP contribution in [0.1, 0.15) is 35.4 Å². The lowest BCUT2D eigenvalue weighted by Crippen LogP contribution is -2.38. The number of carbonyl (C=O) groups excluding carboxylic acids is 2. The van der Waals surface area contributed by atoms with Crippen molar-refractivity contribution in [1.29, 1.82) is 0 Å². The van der Waals surface area contributed by atoms with Gasteiger partial charge < -0.3 is 5.32 Å². The molecule has 0 atom stereocenters. The average molecular weight is 415 g/mol. The second kappa shape index (κ2) is 8.95. The topological polar surface area (TPSA) is 79.6 Å². The van der Waals surface area contributed by atoms with Crippen LogP contribution in [-0.2, 0) is 22.7 Å². The van der Waals surface area contributed by atoms with Crippen LogP contribution in [0.4, 0.5) is 0 Å². The highest BCUT2D eigenvalue weighted by Crippen LogP contribution is 2.18. The van der Waals surface area contributed by atoms with Crippen LogP contribution in [0.3, 0.4) is 0 Å². The maximum atomic E-state index is 12.8. The minimum atomic E-state index is -0.253. The maximum Gasteiger partial charge on any atom is 0.267 e. The fourth-order valence-electron chi connectivity index (χ4n) is 3.67. The average Bonchev–Trinajstić information content (AvgIpc) is 3.08. The monoisotopic (exact) mass is 415 g/mol. The third-order valence-electron chi connectivity index (χ3n) is 5.41. The van der Waals surface area contributed by atoms with Crippen molar-refractivity contribution < 1.29 is 9.59 Å². The third-order valence-corrected chi connectivity index (χ3v) is 5.41. The van der Waals surface area contributed by atoms with Gasteiger partial charge in [-0.05, 0) is 31.5 Å². The zero-order chi connectivity index (χ0) is 21.8. The SMILES string of the molecule is Cc1nn(-c2ccccc2)c(C)c1CNC(=O)C1=NN(Cc2ccccc2)C(=O)CC1. The minimum absolute atomic E-state index is 0.0729. The molecule has 0 saturated heterocycles. The highest BCUT2D eigenvalue weighted by atomic mass is 16.2. The van der Waals surface area contributed by atoms with E-state index in [0.717, 1.165) is 28.2 Å². The molecule has 0 aliphatic carbocycles. The Bertz CT molecular complexity index is 1120. The molecular weight excluding hydrogens is 390 g/mol. The van der Waals surface area contributed by atoms with E-state index in [-0.39, 0.29) is 18.2 Å². The van der Waals surface area contributed by atoms with Crippen molar-refractivity contribution in [3.05, 3.63) is 83.2 Å². The van der Waals surface area contributed by atoms with Crippen molar-refractivity contribution in [2.24, 2.45) is 5.10 Å². The Hall–Kier alpha value is -3.74. The van der Waals surface area contributed by atoms with E-state index in [1.165, 1.54) is 5.01 Å². The van der Waals surface area contributed by atoms with E-state index >= 15 is 0 Å². The molecule has 4 rings (SSSR count). The summed E-state index contributed by atoms with van der Waals surface area (Å²) in [6.07, 6.45) is 0.625. The van der Waals surface area contributed by atoms with Crippen molar-refractivity contribution in [3.63, 3.8) is 0 Å². The number of nitrogens with zero attached hydrogens (tertiary/aromatic N) is 4. The number of rotatable bonds is 6. The molecule has 1 aliphatic heterocycles. The van der Waals surface area contributed by atoms with Gasteiger partial charge in [0.15, 0.2) is 0 Å². The molecule has 7 nitrogen and oxygen atoms in total. The number of hydrogen-bond acceptors (Lipinski definition) is 4. The van der Waals surface area contributed by atoms with E-state index in [4.69, 9.17) is 0 Å². The summed E-state index contributed by atoms with van der Waals surface area (Å²) in [4.78, 5) is 25.0. The zero-order valence-electron chi connectivity index (χ0n) is 17.7. The van der Waals surface area contributed by atoms with Gasteiger partial charge in [0.25, 0.3) is 5.91 Å². The second-order valence-electron chi connectivity index (χ2n) is 7.56. The lowest BCUT2D eigenvalue weighted by atomic mass is 10.1. The van der Waals surface area contributed by atoms with Gasteiger partial charge in [0, 0.05) is 30.6 Å². The number of hydrogen-bond donors (Lipinski definition) is 1. The van der Waals surface area contributed by atoms with Gasteiger partial charge in [-0.3, -0.25) is 9.59 Å². The van der Waals surface area contributed by atoms with Gasteiger partial charge in [-0.1, -0.05) is 48.5 Å². The van der Waals surface area contributed by atoms with Crippen LogP contribution in [0, 0.1) is 13.8 Å². The number of para-hydroxylation sites is 1. The minimum Gasteiger partial charge on any atom is -0.347 e. The largest absolute Gasteiger partial charge is 0.347 e. The Morgan fingerprint density at radius 2 is 1.68 bits per heavy atom. The van der Waals surface area contributed by atoms with E-state index in [1.54, 1.807) is 0 Å². The molecular formula is C24H25N5O2. The molecule has 0 saturated carbocycles. The van der Waals surface area contributed by atoms with Crippen molar-refractivity contribution in [3.8, 4) is 5.69 Å². The fourth-order valence-corrected chi connectivity index (χ4v) is 3.67. The quantitative estimate of drug-likeness (QED) is 0.671. The Morgan fingerprint density at radius 3 is 2.39 bits per heavy atom. The molecule has 0 unspecified atom stereocenters. The zero-order valence-corrected chi connectivity index (χ0v) is 17.7. The number of carbonyl (C=O) groups is 2. The first-order chi connectivity index (χ1) is 15.0. The van der Waals surface area contributed by atoms with Crippen molar-refractivity contribution in [2.75, 3.05) is 0 Å². The summed E-state index contributed by atoms with van der Waals surface area (Å²) in [5.41, 5.74) is 5.16. The van der Waals surface area contributed by atoms with Crippen LogP contribution >= 0.6 is 0 Å². The lowest BCUT2D eigenvalue weighted by molar-refractivity contribution is -0.132. The molecule has 0 fully saturated rings. The molecule has 0 bridgehead atoms. The molecule has 0 radical (unpaired) electrons. The van der Waals surface area contributed by atoms with E-state index in [2.05, 4.69) is 15.5 Å². The molecule has 2 amide bonds. The van der Waals surface area contributed by atoms with E-state index in [9.17, 15) is 9.59 Å². The maximum absolute atomic E-state index is 12.8. The highest BCUT2D eigenvalue weighted by Gasteiger charge is 2.25. The van der Waals surface area contributed by atoms with Crippen LogP contribution < -0.4 is 5.32 Å². The smallest absolute Gasteiger partial charge is 0.267 e. The van der Waals surface area contributed by atoms with Crippen LogP contribution in [0.2, 0.25) is 0 Å². The summed E-state index contributed by atoms with van der Waals surface area (Å²) < 4.78 is 1.88. The number of amides is 2. The molecule has 1 aliphatic rings. The lowest BCUT2D eigenvalue weighted by Gasteiger charge is -2.23.